The first-order chi connectivity index (χ1) is 9.97. The maximum Gasteiger partial charge on any atom is 0.434 e. The molecule has 1 heterocycles. The Hall–Kier alpha value is -0.620. The zero-order valence-corrected chi connectivity index (χ0v) is 15.5. The van der Waals surface area contributed by atoms with Crippen molar-refractivity contribution < 1.29 is 17.9 Å². The van der Waals surface area contributed by atoms with Crippen molar-refractivity contribution in [1.82, 2.24) is 15.6 Å². The number of thiazole rings is 1. The number of nitrogens with one attached hydrogen (secondary N) is 2. The Bertz CT molecular complexity index is 454. The Balaban J connectivity index is 0.00000441. The Morgan fingerprint density at radius 2 is 2.14 bits per heavy atom. The van der Waals surface area contributed by atoms with Gasteiger partial charge in [0.15, 0.2) is 11.7 Å². The van der Waals surface area contributed by atoms with E-state index in [0.29, 0.717) is 30.7 Å². The smallest absolute Gasteiger partial charge is 0.382 e. The van der Waals surface area contributed by atoms with Crippen LogP contribution in [-0.2, 0) is 17.5 Å². The lowest BCUT2D eigenvalue weighted by Crippen LogP contribution is -2.37. The Labute approximate surface area is 148 Å². The third-order valence-electron chi connectivity index (χ3n) is 2.43. The van der Waals surface area contributed by atoms with Crippen molar-refractivity contribution in [3.05, 3.63) is 16.1 Å². The number of aliphatic imine (C=N–C) groups is 1. The molecule has 0 aliphatic heterocycles. The van der Waals surface area contributed by atoms with Crippen LogP contribution in [0, 0.1) is 0 Å². The van der Waals surface area contributed by atoms with E-state index < -0.39 is 11.9 Å². The van der Waals surface area contributed by atoms with E-state index in [1.165, 1.54) is 0 Å². The SMILES string of the molecule is CCOCCCNC(=NC)NCc1nc(C(F)(F)F)cs1.I. The third-order valence-corrected chi connectivity index (χ3v) is 3.28. The van der Waals surface area contributed by atoms with Crippen LogP contribution >= 0.6 is 35.3 Å². The molecule has 1 aromatic rings. The molecule has 0 saturated carbocycles. The summed E-state index contributed by atoms with van der Waals surface area (Å²) in [5, 5.41) is 7.34. The van der Waals surface area contributed by atoms with E-state index in [1.807, 2.05) is 6.92 Å². The van der Waals surface area contributed by atoms with Crippen LogP contribution in [-0.4, -0.2) is 37.7 Å². The fourth-order valence-electron chi connectivity index (χ4n) is 1.43. The van der Waals surface area contributed by atoms with Crippen molar-refractivity contribution in [3.63, 3.8) is 0 Å². The fourth-order valence-corrected chi connectivity index (χ4v) is 2.17. The van der Waals surface area contributed by atoms with Crippen molar-refractivity contribution in [2.45, 2.75) is 26.1 Å². The molecule has 0 radical (unpaired) electrons. The quantitative estimate of drug-likeness (QED) is 0.289. The highest BCUT2D eigenvalue weighted by Crippen LogP contribution is 2.29. The molecule has 10 heteroatoms. The van der Waals surface area contributed by atoms with E-state index >= 15 is 0 Å². The first-order valence-corrected chi connectivity index (χ1v) is 7.39. The number of ether oxygens (including phenoxy) is 1. The van der Waals surface area contributed by atoms with Crippen molar-refractivity contribution in [3.8, 4) is 0 Å². The monoisotopic (exact) mass is 452 g/mol. The van der Waals surface area contributed by atoms with Gasteiger partial charge in [-0.3, -0.25) is 4.99 Å². The summed E-state index contributed by atoms with van der Waals surface area (Å²) in [4.78, 5) is 7.52. The maximum atomic E-state index is 12.4. The maximum absolute atomic E-state index is 12.4. The van der Waals surface area contributed by atoms with Crippen LogP contribution in [0.4, 0.5) is 13.2 Å². The molecule has 0 aliphatic carbocycles. The summed E-state index contributed by atoms with van der Waals surface area (Å²) >= 11 is 0.967. The van der Waals surface area contributed by atoms with Gasteiger partial charge in [0.2, 0.25) is 0 Å². The van der Waals surface area contributed by atoms with Gasteiger partial charge in [-0.25, -0.2) is 4.98 Å². The van der Waals surface area contributed by atoms with Gasteiger partial charge >= 0.3 is 6.18 Å². The minimum atomic E-state index is -4.39. The molecule has 128 valence electrons. The molecule has 0 unspecified atom stereocenters. The summed E-state index contributed by atoms with van der Waals surface area (Å²) in [6.07, 6.45) is -3.57. The largest absolute Gasteiger partial charge is 0.434 e. The minimum Gasteiger partial charge on any atom is -0.382 e. The second-order valence-electron chi connectivity index (χ2n) is 4.03. The predicted molar refractivity (Wildman–Crippen MR) is 91.8 cm³/mol. The van der Waals surface area contributed by atoms with Crippen molar-refractivity contribution >= 4 is 41.3 Å². The number of halogens is 4. The molecule has 5 nitrogen and oxygen atoms in total. The van der Waals surface area contributed by atoms with Gasteiger partial charge in [-0.05, 0) is 13.3 Å². The number of aromatic nitrogens is 1. The highest BCUT2D eigenvalue weighted by Gasteiger charge is 2.33. The zero-order chi connectivity index (χ0) is 15.7. The molecule has 0 atom stereocenters. The number of hydrogen-bond donors (Lipinski definition) is 2. The molecule has 0 aliphatic rings. The summed E-state index contributed by atoms with van der Waals surface area (Å²) < 4.78 is 42.4. The van der Waals surface area contributed by atoms with Crippen LogP contribution in [0.25, 0.3) is 0 Å². The Morgan fingerprint density at radius 3 is 2.68 bits per heavy atom. The van der Waals surface area contributed by atoms with E-state index in [-0.39, 0.29) is 30.5 Å². The van der Waals surface area contributed by atoms with Crippen LogP contribution in [0.2, 0.25) is 0 Å². The first-order valence-electron chi connectivity index (χ1n) is 6.51. The molecule has 0 saturated heterocycles. The predicted octanol–water partition coefficient (Wildman–Crippen LogP) is 2.87. The van der Waals surface area contributed by atoms with Crippen molar-refractivity contribution in [2.75, 3.05) is 26.8 Å². The van der Waals surface area contributed by atoms with E-state index in [4.69, 9.17) is 4.74 Å². The Morgan fingerprint density at radius 1 is 1.41 bits per heavy atom. The van der Waals surface area contributed by atoms with Gasteiger partial charge in [0.25, 0.3) is 0 Å². The summed E-state index contributed by atoms with van der Waals surface area (Å²) in [6, 6.07) is 0. The lowest BCUT2D eigenvalue weighted by molar-refractivity contribution is -0.140. The summed E-state index contributed by atoms with van der Waals surface area (Å²) in [6.45, 7) is 4.13. The second kappa shape index (κ2) is 11.0. The molecular weight excluding hydrogens is 432 g/mol. The normalized spacial score (nSPS) is 12.0. The molecule has 1 aromatic heterocycles. The van der Waals surface area contributed by atoms with E-state index in [0.717, 1.165) is 23.1 Å². The number of alkyl halides is 3. The molecule has 0 aromatic carbocycles. The lowest BCUT2D eigenvalue weighted by Gasteiger charge is -2.10. The molecule has 0 bridgehead atoms. The Kier molecular flexibility index (Phi) is 10.7. The molecule has 0 fully saturated rings. The van der Waals surface area contributed by atoms with Gasteiger partial charge in [0.05, 0.1) is 6.54 Å². The highest BCUT2D eigenvalue weighted by molar-refractivity contribution is 14.0. The standard InChI is InChI=1S/C12H19F3N4OS.HI/c1-3-20-6-4-5-17-11(16-2)18-7-10-19-9(8-21-10)12(13,14)15;/h8H,3-7H2,1-2H3,(H2,16,17,18);1H. The molecular formula is C12H20F3IN4OS. The van der Waals surface area contributed by atoms with Crippen LogP contribution < -0.4 is 10.6 Å². The van der Waals surface area contributed by atoms with Crippen LogP contribution in [0.1, 0.15) is 24.0 Å². The molecule has 2 N–H and O–H groups in total. The highest BCUT2D eigenvalue weighted by atomic mass is 127. The molecule has 0 amide bonds. The van der Waals surface area contributed by atoms with Crippen molar-refractivity contribution in [1.29, 1.82) is 0 Å². The zero-order valence-electron chi connectivity index (χ0n) is 12.4. The van der Waals surface area contributed by atoms with Gasteiger partial charge in [-0.15, -0.1) is 35.3 Å². The van der Waals surface area contributed by atoms with E-state index in [9.17, 15) is 13.2 Å². The number of rotatable bonds is 7. The summed E-state index contributed by atoms with van der Waals surface area (Å²) in [7, 11) is 1.60. The van der Waals surface area contributed by atoms with Crippen LogP contribution in [0.3, 0.4) is 0 Å². The van der Waals surface area contributed by atoms with Crippen LogP contribution in [0.15, 0.2) is 10.4 Å². The average molecular weight is 452 g/mol. The van der Waals surface area contributed by atoms with E-state index in [2.05, 4.69) is 20.6 Å². The summed E-state index contributed by atoms with van der Waals surface area (Å²) in [5.74, 6) is 0.523. The number of nitrogens with zero attached hydrogens (tertiary/aromatic N) is 2. The topological polar surface area (TPSA) is 58.5 Å². The van der Waals surface area contributed by atoms with Crippen molar-refractivity contribution in [2.24, 2.45) is 4.99 Å². The first kappa shape index (κ1) is 21.4. The van der Waals surface area contributed by atoms with Gasteiger partial charge in [0.1, 0.15) is 5.01 Å². The van der Waals surface area contributed by atoms with E-state index in [1.54, 1.807) is 7.05 Å². The molecule has 0 spiro atoms. The minimum absolute atomic E-state index is 0. The second-order valence-corrected chi connectivity index (χ2v) is 4.97. The molecule has 1 rings (SSSR count). The van der Waals surface area contributed by atoms with Gasteiger partial charge in [-0.2, -0.15) is 13.2 Å². The van der Waals surface area contributed by atoms with Gasteiger partial charge < -0.3 is 15.4 Å². The van der Waals surface area contributed by atoms with Crippen LogP contribution in [0.5, 0.6) is 0 Å². The molecule has 22 heavy (non-hydrogen) atoms. The number of guanidine groups is 1. The third kappa shape index (κ3) is 8.13. The van der Waals surface area contributed by atoms with Gasteiger partial charge in [-0.1, -0.05) is 0 Å². The average Bonchev–Trinajstić information content (AvgIpc) is 2.91. The number of hydrogen-bond acceptors (Lipinski definition) is 4. The fraction of sp³-hybridized carbons (Fsp3) is 0.667. The lowest BCUT2D eigenvalue weighted by atomic mass is 10.4. The summed E-state index contributed by atoms with van der Waals surface area (Å²) in [5.41, 5.74) is -0.857. The van der Waals surface area contributed by atoms with Gasteiger partial charge in [0, 0.05) is 32.2 Å².